The summed E-state index contributed by atoms with van der Waals surface area (Å²) in [6, 6.07) is -2.43. The van der Waals surface area contributed by atoms with Crippen molar-refractivity contribution in [2.24, 2.45) is 5.73 Å². The fourth-order valence-corrected chi connectivity index (χ4v) is 2.04. The van der Waals surface area contributed by atoms with Crippen molar-refractivity contribution >= 4 is 42.4 Å². The number of aliphatic hydroxyl groups excluding tert-OH is 2. The summed E-state index contributed by atoms with van der Waals surface area (Å²) < 4.78 is 9.28. The lowest BCUT2D eigenvalue weighted by atomic mass is 10.1. The Kier molecular flexibility index (Phi) is 12.6. The van der Waals surface area contributed by atoms with E-state index in [0.717, 1.165) is 6.92 Å². The normalized spacial score (nSPS) is 14.7. The molecular weight excluding hydrogens is 414 g/mol. The summed E-state index contributed by atoms with van der Waals surface area (Å²) >= 11 is 3.90. The van der Waals surface area contributed by atoms with Gasteiger partial charge in [-0.1, -0.05) is 0 Å². The smallest absolute Gasteiger partial charge is 0.326 e. The fraction of sp³-hybridized carbons (Fsp3) is 0.667. The highest BCUT2D eigenvalue weighted by Crippen LogP contribution is 2.07. The SMILES string of the molecule is CC(=O)OC(OC(=O)C(N)CCC(=O)NC(CS)C(=O)NCC(=O)O)C(O)CO. The number of carbonyl (C=O) groups is 5. The van der Waals surface area contributed by atoms with Gasteiger partial charge in [0.05, 0.1) is 6.61 Å². The number of aliphatic hydroxyl groups is 2. The van der Waals surface area contributed by atoms with Gasteiger partial charge in [-0.3, -0.25) is 24.0 Å². The molecule has 0 heterocycles. The Hall–Kier alpha value is -2.42. The fourth-order valence-electron chi connectivity index (χ4n) is 1.78. The molecule has 0 aromatic rings. The molecule has 0 bridgehead atoms. The van der Waals surface area contributed by atoms with Gasteiger partial charge in [0.25, 0.3) is 6.29 Å². The molecular formula is C15H25N3O10S. The maximum atomic E-state index is 11.9. The number of hydrogen-bond acceptors (Lipinski definition) is 11. The largest absolute Gasteiger partial charge is 0.480 e. The van der Waals surface area contributed by atoms with Crippen LogP contribution in [0.1, 0.15) is 19.8 Å². The predicted molar refractivity (Wildman–Crippen MR) is 98.4 cm³/mol. The third-order valence-corrected chi connectivity index (χ3v) is 3.61. The number of thiol groups is 1. The van der Waals surface area contributed by atoms with Crippen molar-refractivity contribution in [3.8, 4) is 0 Å². The van der Waals surface area contributed by atoms with E-state index in [-0.39, 0.29) is 18.6 Å². The molecule has 0 spiro atoms. The number of rotatable bonds is 13. The second kappa shape index (κ2) is 13.7. The molecule has 0 fully saturated rings. The van der Waals surface area contributed by atoms with Gasteiger partial charge in [0.2, 0.25) is 11.8 Å². The molecule has 0 aliphatic rings. The van der Waals surface area contributed by atoms with Crippen molar-refractivity contribution in [1.29, 1.82) is 0 Å². The number of aliphatic carboxylic acids is 1. The molecule has 14 heteroatoms. The minimum Gasteiger partial charge on any atom is -0.480 e. The van der Waals surface area contributed by atoms with Crippen LogP contribution in [-0.4, -0.2) is 88.4 Å². The second-order valence-corrected chi connectivity index (χ2v) is 6.09. The number of hydrogen-bond donors (Lipinski definition) is 7. The van der Waals surface area contributed by atoms with Crippen LogP contribution in [0.15, 0.2) is 0 Å². The lowest BCUT2D eigenvalue weighted by Crippen LogP contribution is -2.49. The zero-order chi connectivity index (χ0) is 22.6. The second-order valence-electron chi connectivity index (χ2n) is 5.72. The van der Waals surface area contributed by atoms with Crippen LogP contribution in [0.2, 0.25) is 0 Å². The van der Waals surface area contributed by atoms with E-state index in [1.807, 2.05) is 0 Å². The summed E-state index contributed by atoms with van der Waals surface area (Å²) in [6.45, 7) is -0.476. The first-order valence-corrected chi connectivity index (χ1v) is 8.97. The molecule has 0 rings (SSSR count). The highest BCUT2D eigenvalue weighted by Gasteiger charge is 2.29. The maximum absolute atomic E-state index is 11.9. The number of nitrogens with two attached hydrogens (primary N) is 1. The van der Waals surface area contributed by atoms with E-state index in [1.54, 1.807) is 0 Å². The summed E-state index contributed by atoms with van der Waals surface area (Å²) in [4.78, 5) is 56.9. The Morgan fingerprint density at radius 1 is 1.17 bits per heavy atom. The topological polar surface area (TPSA) is 215 Å². The molecule has 4 atom stereocenters. The van der Waals surface area contributed by atoms with Gasteiger partial charge < -0.3 is 41.2 Å². The van der Waals surface area contributed by atoms with E-state index in [4.69, 9.17) is 20.7 Å². The first-order valence-electron chi connectivity index (χ1n) is 8.33. The number of amides is 2. The molecule has 29 heavy (non-hydrogen) atoms. The number of carboxylic acid groups (broad SMARTS) is 1. The third-order valence-electron chi connectivity index (χ3n) is 3.25. The van der Waals surface area contributed by atoms with E-state index in [1.165, 1.54) is 0 Å². The maximum Gasteiger partial charge on any atom is 0.326 e. The van der Waals surface area contributed by atoms with Crippen LogP contribution in [0.3, 0.4) is 0 Å². The van der Waals surface area contributed by atoms with Crippen molar-refractivity contribution in [2.75, 3.05) is 18.9 Å². The molecule has 0 radical (unpaired) electrons. The predicted octanol–water partition coefficient (Wildman–Crippen LogP) is -3.51. The average Bonchev–Trinajstić information content (AvgIpc) is 2.66. The number of esters is 2. The van der Waals surface area contributed by atoms with Crippen LogP contribution in [0.25, 0.3) is 0 Å². The minimum absolute atomic E-state index is 0.103. The van der Waals surface area contributed by atoms with Crippen LogP contribution >= 0.6 is 12.6 Å². The summed E-state index contributed by atoms with van der Waals surface area (Å²) in [5, 5.41) is 31.3. The number of ether oxygens (including phenoxy) is 2. The molecule has 0 saturated heterocycles. The van der Waals surface area contributed by atoms with Crippen LogP contribution in [0.4, 0.5) is 0 Å². The molecule has 4 unspecified atom stereocenters. The van der Waals surface area contributed by atoms with Gasteiger partial charge in [-0.05, 0) is 6.42 Å². The minimum atomic E-state index is -1.77. The van der Waals surface area contributed by atoms with Gasteiger partial charge in [0, 0.05) is 19.1 Å². The van der Waals surface area contributed by atoms with Crippen molar-refractivity contribution in [1.82, 2.24) is 10.6 Å². The number of carboxylic acids is 1. The Bertz CT molecular complexity index is 603. The van der Waals surface area contributed by atoms with Gasteiger partial charge in [0.15, 0.2) is 6.10 Å². The van der Waals surface area contributed by atoms with E-state index in [2.05, 4.69) is 28.0 Å². The van der Waals surface area contributed by atoms with Crippen LogP contribution in [0, 0.1) is 0 Å². The first kappa shape index (κ1) is 26.6. The van der Waals surface area contributed by atoms with Crippen LogP contribution < -0.4 is 16.4 Å². The van der Waals surface area contributed by atoms with Gasteiger partial charge in [0.1, 0.15) is 18.6 Å². The monoisotopic (exact) mass is 439 g/mol. The van der Waals surface area contributed by atoms with Gasteiger partial charge in [-0.15, -0.1) is 0 Å². The molecule has 0 aliphatic carbocycles. The van der Waals surface area contributed by atoms with Gasteiger partial charge in [-0.2, -0.15) is 12.6 Å². The third kappa shape index (κ3) is 11.2. The quantitative estimate of drug-likeness (QED) is 0.0848. The molecule has 7 N–H and O–H groups in total. The molecule has 0 saturated carbocycles. The van der Waals surface area contributed by atoms with Gasteiger partial charge in [-0.25, -0.2) is 0 Å². The van der Waals surface area contributed by atoms with E-state index in [9.17, 15) is 29.1 Å². The van der Waals surface area contributed by atoms with Crippen molar-refractivity contribution in [3.05, 3.63) is 0 Å². The van der Waals surface area contributed by atoms with Crippen molar-refractivity contribution < 1.29 is 48.8 Å². The zero-order valence-electron chi connectivity index (χ0n) is 15.6. The Labute approximate surface area is 171 Å². The molecule has 0 aromatic carbocycles. The number of carbonyl (C=O) groups excluding carboxylic acids is 4. The standard InChI is InChI=1S/C15H25N3O10S/c1-7(20)27-15(10(21)5-19)28-14(26)8(16)2-3-11(22)18-9(6-29)13(25)17-4-12(23)24/h8-10,15,19,21,29H,2-6,16H2,1H3,(H,17,25)(H,18,22)(H,23,24). The van der Waals surface area contributed by atoms with E-state index >= 15 is 0 Å². The van der Waals surface area contributed by atoms with Gasteiger partial charge >= 0.3 is 17.9 Å². The van der Waals surface area contributed by atoms with Crippen molar-refractivity contribution in [2.45, 2.75) is 44.2 Å². The van der Waals surface area contributed by atoms with Crippen molar-refractivity contribution in [3.63, 3.8) is 0 Å². The van der Waals surface area contributed by atoms with E-state index in [0.29, 0.717) is 0 Å². The highest BCUT2D eigenvalue weighted by molar-refractivity contribution is 7.80. The Morgan fingerprint density at radius 2 is 1.79 bits per heavy atom. The Morgan fingerprint density at radius 3 is 2.28 bits per heavy atom. The van der Waals surface area contributed by atoms with Crippen LogP contribution in [0.5, 0.6) is 0 Å². The first-order chi connectivity index (χ1) is 13.5. The van der Waals surface area contributed by atoms with E-state index < -0.39 is 67.4 Å². The van der Waals surface area contributed by atoms with Crippen LogP contribution in [-0.2, 0) is 33.4 Å². The summed E-state index contributed by atoms with van der Waals surface area (Å²) in [7, 11) is 0. The molecule has 0 aromatic heterocycles. The highest BCUT2D eigenvalue weighted by atomic mass is 32.1. The molecule has 13 nitrogen and oxygen atoms in total. The molecule has 166 valence electrons. The lowest BCUT2D eigenvalue weighted by Gasteiger charge is -2.22. The molecule has 2 amide bonds. The lowest BCUT2D eigenvalue weighted by molar-refractivity contribution is -0.209. The molecule has 0 aliphatic heterocycles. The summed E-state index contributed by atoms with van der Waals surface area (Å²) in [5.41, 5.74) is 5.59. The summed E-state index contributed by atoms with van der Waals surface area (Å²) in [6.07, 6.45) is -3.97. The summed E-state index contributed by atoms with van der Waals surface area (Å²) in [5.74, 6) is -4.74. The number of nitrogens with one attached hydrogen (secondary N) is 2. The average molecular weight is 439 g/mol. The zero-order valence-corrected chi connectivity index (χ0v) is 16.5. The Balaban J connectivity index is 4.58.